The minimum Gasteiger partial charge on any atom is -0.494 e. The van der Waals surface area contributed by atoms with Crippen molar-refractivity contribution in [3.63, 3.8) is 0 Å². The normalized spacial score (nSPS) is 13.6. The molecule has 2 aromatic carbocycles. The summed E-state index contributed by atoms with van der Waals surface area (Å²) in [6, 6.07) is 9.94. The van der Waals surface area contributed by atoms with E-state index < -0.39 is 30.0 Å². The molecule has 0 spiro atoms. The largest absolute Gasteiger partial charge is 0.494 e. The van der Waals surface area contributed by atoms with Crippen LogP contribution >= 0.6 is 0 Å². The number of ether oxygens (including phenoxy) is 1. The van der Waals surface area contributed by atoms with Crippen LogP contribution in [0.4, 0.5) is 23.6 Å². The summed E-state index contributed by atoms with van der Waals surface area (Å²) in [6.07, 6.45) is -3.10. The van der Waals surface area contributed by atoms with Gasteiger partial charge in [0, 0.05) is 32.0 Å². The number of hydrogen-bond donors (Lipinski definition) is 5. The maximum atomic E-state index is 13.3. The van der Waals surface area contributed by atoms with E-state index in [0.29, 0.717) is 48.8 Å². The number of nitrogens with one attached hydrogen (secondary N) is 3. The minimum absolute atomic E-state index is 0.00771. The molecule has 0 unspecified atom stereocenters. The van der Waals surface area contributed by atoms with Gasteiger partial charge in [-0.2, -0.15) is 18.2 Å². The van der Waals surface area contributed by atoms with Gasteiger partial charge in [-0.1, -0.05) is 12.1 Å². The number of oxazole rings is 1. The number of carboxylic acid groups (broad SMARTS) is 2. The lowest BCUT2D eigenvalue weighted by Gasteiger charge is -2.15. The monoisotopic (exact) mass is 597 g/mol. The Morgan fingerprint density at radius 3 is 2.45 bits per heavy atom. The molecule has 1 amide bonds. The van der Waals surface area contributed by atoms with Crippen molar-refractivity contribution in [2.75, 3.05) is 25.0 Å². The highest BCUT2D eigenvalue weighted by Crippen LogP contribution is 2.21. The molecule has 1 aromatic heterocycles. The molecular weight excluding hydrogens is 570 g/mol. The highest BCUT2D eigenvalue weighted by molar-refractivity contribution is 5.97. The van der Waals surface area contributed by atoms with Gasteiger partial charge in [0.1, 0.15) is 23.1 Å². The third kappa shape index (κ3) is 10.3. The van der Waals surface area contributed by atoms with E-state index in [1.807, 2.05) is 0 Å². The van der Waals surface area contributed by atoms with Crippen molar-refractivity contribution in [2.45, 2.75) is 37.9 Å². The number of anilines is 1. The van der Waals surface area contributed by atoms with Gasteiger partial charge in [0.25, 0.3) is 6.01 Å². The maximum Gasteiger partial charge on any atom is 0.490 e. The number of alkyl halides is 3. The topological polar surface area (TPSA) is 175 Å². The molecule has 1 aliphatic heterocycles. The van der Waals surface area contributed by atoms with Gasteiger partial charge < -0.3 is 30.0 Å². The van der Waals surface area contributed by atoms with Crippen LogP contribution in [0.15, 0.2) is 51.9 Å². The zero-order valence-electron chi connectivity index (χ0n) is 21.9. The predicted octanol–water partition coefficient (Wildman–Crippen LogP) is 3.33. The molecule has 0 aliphatic carbocycles. The number of amides is 1. The van der Waals surface area contributed by atoms with Crippen molar-refractivity contribution >= 4 is 40.9 Å². The molecule has 16 heteroatoms. The smallest absolute Gasteiger partial charge is 0.490 e. The van der Waals surface area contributed by atoms with E-state index in [-0.39, 0.29) is 18.3 Å². The fourth-order valence-corrected chi connectivity index (χ4v) is 3.50. The van der Waals surface area contributed by atoms with E-state index in [4.69, 9.17) is 19.1 Å². The number of benzene rings is 2. The van der Waals surface area contributed by atoms with Gasteiger partial charge in [-0.3, -0.25) is 15.1 Å². The molecule has 12 nitrogen and oxygen atoms in total. The first-order valence-corrected chi connectivity index (χ1v) is 12.6. The molecule has 1 atom stereocenters. The van der Waals surface area contributed by atoms with E-state index in [1.54, 1.807) is 24.3 Å². The van der Waals surface area contributed by atoms with E-state index in [1.165, 1.54) is 18.2 Å². The van der Waals surface area contributed by atoms with Crippen LogP contribution in [0.1, 0.15) is 24.8 Å². The lowest BCUT2D eigenvalue weighted by atomic mass is 10.1. The van der Waals surface area contributed by atoms with Gasteiger partial charge in [0.15, 0.2) is 11.5 Å². The first-order valence-electron chi connectivity index (χ1n) is 12.6. The summed E-state index contributed by atoms with van der Waals surface area (Å²) in [7, 11) is 0. The molecule has 1 aliphatic rings. The Labute approximate surface area is 235 Å². The third-order valence-corrected chi connectivity index (χ3v) is 5.52. The number of carbonyl (C=O) groups is 3. The fraction of sp³-hybridized carbons (Fsp3) is 0.346. The van der Waals surface area contributed by atoms with Crippen LogP contribution in [0.2, 0.25) is 0 Å². The Morgan fingerprint density at radius 1 is 1.12 bits per heavy atom. The first kappa shape index (κ1) is 31.6. The van der Waals surface area contributed by atoms with Gasteiger partial charge in [-0.25, -0.2) is 14.0 Å². The van der Waals surface area contributed by atoms with Gasteiger partial charge >= 0.3 is 18.1 Å². The first-order chi connectivity index (χ1) is 19.9. The van der Waals surface area contributed by atoms with Crippen molar-refractivity contribution in [2.24, 2.45) is 4.99 Å². The number of halogens is 4. The Kier molecular flexibility index (Phi) is 11.0. The van der Waals surface area contributed by atoms with Crippen LogP contribution in [0.5, 0.6) is 5.75 Å². The van der Waals surface area contributed by atoms with Gasteiger partial charge in [0.2, 0.25) is 5.91 Å². The van der Waals surface area contributed by atoms with Crippen molar-refractivity contribution in [1.82, 2.24) is 15.6 Å². The van der Waals surface area contributed by atoms with Crippen LogP contribution in [0, 0.1) is 5.82 Å². The number of hydrogen-bond acceptors (Lipinski definition) is 9. The summed E-state index contributed by atoms with van der Waals surface area (Å²) >= 11 is 0. The molecule has 42 heavy (non-hydrogen) atoms. The third-order valence-electron chi connectivity index (χ3n) is 5.52. The Balaban J connectivity index is 0.000000616. The summed E-state index contributed by atoms with van der Waals surface area (Å²) in [6.45, 7) is 1.88. The molecule has 3 aromatic rings. The maximum absolute atomic E-state index is 13.3. The minimum atomic E-state index is -5.08. The molecule has 5 N–H and O–H groups in total. The van der Waals surface area contributed by atoms with Crippen molar-refractivity contribution < 1.29 is 51.3 Å². The van der Waals surface area contributed by atoms with E-state index >= 15 is 0 Å². The molecule has 0 fully saturated rings. The van der Waals surface area contributed by atoms with Crippen LogP contribution < -0.4 is 20.7 Å². The second kappa shape index (κ2) is 14.7. The summed E-state index contributed by atoms with van der Waals surface area (Å²) in [5, 5.41) is 25.3. The molecule has 0 saturated heterocycles. The Hall–Kier alpha value is -4.89. The predicted molar refractivity (Wildman–Crippen MR) is 141 cm³/mol. The number of aliphatic carboxylic acids is 2. The number of fused-ring (bicyclic) bond motifs is 1. The van der Waals surface area contributed by atoms with Gasteiger partial charge in [0.05, 0.1) is 6.61 Å². The lowest BCUT2D eigenvalue weighted by molar-refractivity contribution is -0.192. The number of aliphatic imine (C=N–C) groups is 1. The summed E-state index contributed by atoms with van der Waals surface area (Å²) in [5.41, 5.74) is 1.42. The summed E-state index contributed by atoms with van der Waals surface area (Å²) in [5.74, 6) is -3.26. The van der Waals surface area contributed by atoms with Crippen LogP contribution in [-0.4, -0.2) is 70.9 Å². The zero-order chi connectivity index (χ0) is 30.7. The van der Waals surface area contributed by atoms with E-state index in [9.17, 15) is 32.3 Å². The summed E-state index contributed by atoms with van der Waals surface area (Å²) in [4.78, 5) is 40.9. The number of aromatic nitrogens is 1. The van der Waals surface area contributed by atoms with Crippen molar-refractivity contribution in [3.8, 4) is 5.75 Å². The number of nitrogens with zero attached hydrogens (tertiary/aromatic N) is 2. The molecule has 0 saturated carbocycles. The van der Waals surface area contributed by atoms with Crippen molar-refractivity contribution in [1.29, 1.82) is 0 Å². The molecule has 2 heterocycles. The van der Waals surface area contributed by atoms with Crippen LogP contribution in [0.25, 0.3) is 11.1 Å². The fourth-order valence-electron chi connectivity index (χ4n) is 3.50. The number of carboxylic acids is 2. The van der Waals surface area contributed by atoms with Gasteiger partial charge in [-0.15, -0.1) is 0 Å². The molecule has 0 radical (unpaired) electrons. The Morgan fingerprint density at radius 2 is 1.83 bits per heavy atom. The molecule has 226 valence electrons. The average molecular weight is 598 g/mol. The second-order valence-electron chi connectivity index (χ2n) is 8.83. The number of guanidine groups is 1. The van der Waals surface area contributed by atoms with Crippen LogP contribution in [-0.2, 0) is 20.8 Å². The SMILES string of the molecule is O=C(CCCOc1ccc(C[C@H](Nc2nc3cc(F)ccc3o2)C(=O)O)cc1)NC1=NCCCN1.O=C(O)C(F)(F)F. The van der Waals surface area contributed by atoms with Gasteiger partial charge in [-0.05, 0) is 42.7 Å². The lowest BCUT2D eigenvalue weighted by Crippen LogP contribution is -2.43. The highest BCUT2D eigenvalue weighted by atomic mass is 19.4. The van der Waals surface area contributed by atoms with Crippen LogP contribution in [0.3, 0.4) is 0 Å². The van der Waals surface area contributed by atoms with E-state index in [2.05, 4.69) is 25.9 Å². The average Bonchev–Trinajstić information content (AvgIpc) is 3.33. The Bertz CT molecular complexity index is 1410. The summed E-state index contributed by atoms with van der Waals surface area (Å²) < 4.78 is 56.2. The quantitative estimate of drug-likeness (QED) is 0.172. The highest BCUT2D eigenvalue weighted by Gasteiger charge is 2.38. The van der Waals surface area contributed by atoms with E-state index in [0.717, 1.165) is 18.5 Å². The number of rotatable bonds is 10. The standard InChI is InChI=1S/C24H26FN5O5.C2HF3O2/c25-16-6-9-20-18(14-16)28-24(35-20)29-19(22(32)33)13-15-4-7-17(8-5-15)34-12-1-3-21(31)30-23-26-10-2-11-27-23;3-2(4,5)1(6)7/h4-9,14,19H,1-3,10-13H2,(H,28,29)(H,32,33)(H2,26,27,30,31);(H,6,7)/t19-;/m0./s1. The van der Waals surface area contributed by atoms with Crippen molar-refractivity contribution in [3.05, 3.63) is 53.8 Å². The zero-order valence-corrected chi connectivity index (χ0v) is 21.9. The molecular formula is C26H27F4N5O7. The number of carbonyl (C=O) groups excluding carboxylic acids is 1. The molecule has 0 bridgehead atoms. The molecule has 4 rings (SSSR count). The second-order valence-corrected chi connectivity index (χ2v) is 8.83.